The summed E-state index contributed by atoms with van der Waals surface area (Å²) < 4.78 is 0. The number of carbonyl (C=O) groups excluding carboxylic acids is 2. The fourth-order valence-corrected chi connectivity index (χ4v) is 4.53. The molecule has 1 amide bonds. The Labute approximate surface area is 182 Å². The molecule has 1 aliphatic rings. The van der Waals surface area contributed by atoms with E-state index in [9.17, 15) is 9.59 Å². The smallest absolute Gasteiger partial charge is 0.234 e. The second-order valence-electron chi connectivity index (χ2n) is 8.90. The number of carbonyl (C=O) groups is 2. The number of Topliss-reactive ketones (excluding diaryl/α,β-unsaturated/α-hetero) is 1. The van der Waals surface area contributed by atoms with Crippen molar-refractivity contribution in [1.82, 2.24) is 4.90 Å². The van der Waals surface area contributed by atoms with E-state index in [1.807, 2.05) is 18.2 Å². The monoisotopic (exact) mass is 412 g/mol. The lowest BCUT2D eigenvalue weighted by atomic mass is 9.77. The highest BCUT2D eigenvalue weighted by Gasteiger charge is 2.48. The molecule has 1 aromatic rings. The van der Waals surface area contributed by atoms with E-state index in [-0.39, 0.29) is 11.3 Å². The third-order valence-corrected chi connectivity index (χ3v) is 6.40. The highest BCUT2D eigenvalue weighted by atomic mass is 16.2. The SMILES string of the molecule is CCCCC1(CCCC)CC(=N)N(CCCCC(=O)CCCc2ccccc2)C1=O. The van der Waals surface area contributed by atoms with Gasteiger partial charge >= 0.3 is 0 Å². The largest absolute Gasteiger partial charge is 0.300 e. The van der Waals surface area contributed by atoms with Crippen LogP contribution in [0.25, 0.3) is 0 Å². The molecule has 1 heterocycles. The first kappa shape index (κ1) is 24.3. The number of aryl methyl sites for hydroxylation is 1. The summed E-state index contributed by atoms with van der Waals surface area (Å²) in [5.74, 6) is 0.971. The number of benzene rings is 1. The number of hydrogen-bond donors (Lipinski definition) is 1. The molecule has 4 heteroatoms. The average molecular weight is 413 g/mol. The molecule has 1 aliphatic heterocycles. The minimum absolute atomic E-state index is 0.170. The number of hydrogen-bond acceptors (Lipinski definition) is 3. The van der Waals surface area contributed by atoms with Crippen LogP contribution in [-0.4, -0.2) is 29.0 Å². The van der Waals surface area contributed by atoms with E-state index in [4.69, 9.17) is 5.41 Å². The Balaban J connectivity index is 1.72. The van der Waals surface area contributed by atoms with Gasteiger partial charge in [0.25, 0.3) is 0 Å². The zero-order valence-electron chi connectivity index (χ0n) is 19.0. The molecule has 1 aromatic carbocycles. The first-order valence-electron chi connectivity index (χ1n) is 12.0. The van der Waals surface area contributed by atoms with Gasteiger partial charge in [0, 0.05) is 25.8 Å². The molecule has 0 aliphatic carbocycles. The van der Waals surface area contributed by atoms with Gasteiger partial charge in [-0.3, -0.25) is 15.0 Å². The quantitative estimate of drug-likeness (QED) is 0.342. The van der Waals surface area contributed by atoms with E-state index in [0.29, 0.717) is 37.4 Å². The van der Waals surface area contributed by atoms with Crippen molar-refractivity contribution >= 4 is 17.5 Å². The minimum atomic E-state index is -0.337. The Kier molecular flexibility index (Phi) is 10.3. The Morgan fingerprint density at radius 1 is 0.967 bits per heavy atom. The number of likely N-dealkylation sites (tertiary alicyclic amines) is 1. The van der Waals surface area contributed by atoms with Crippen LogP contribution in [0.2, 0.25) is 0 Å². The molecule has 0 aromatic heterocycles. The van der Waals surface area contributed by atoms with Crippen molar-refractivity contribution in [1.29, 1.82) is 5.41 Å². The topological polar surface area (TPSA) is 61.2 Å². The van der Waals surface area contributed by atoms with E-state index < -0.39 is 0 Å². The molecule has 1 fully saturated rings. The number of amides is 1. The maximum absolute atomic E-state index is 13.2. The Bertz CT molecular complexity index is 676. The Morgan fingerprint density at radius 3 is 2.23 bits per heavy atom. The van der Waals surface area contributed by atoms with Gasteiger partial charge in [-0.2, -0.15) is 0 Å². The molecule has 0 saturated carbocycles. The zero-order valence-corrected chi connectivity index (χ0v) is 19.0. The van der Waals surface area contributed by atoms with Gasteiger partial charge in [-0.1, -0.05) is 69.9 Å². The standard InChI is InChI=1S/C26H40N2O2/c1-3-5-18-26(19-6-4-2)21-24(27)28(25(26)30)20-11-10-16-23(29)17-12-15-22-13-8-7-9-14-22/h7-9,13-14,27H,3-6,10-12,15-21H2,1-2H3. The normalized spacial score (nSPS) is 15.7. The van der Waals surface area contributed by atoms with E-state index in [1.165, 1.54) is 5.56 Å². The van der Waals surface area contributed by atoms with E-state index in [0.717, 1.165) is 64.2 Å². The van der Waals surface area contributed by atoms with Crippen molar-refractivity contribution in [2.75, 3.05) is 6.54 Å². The van der Waals surface area contributed by atoms with Crippen molar-refractivity contribution in [2.45, 2.75) is 97.3 Å². The van der Waals surface area contributed by atoms with Crippen molar-refractivity contribution in [2.24, 2.45) is 5.41 Å². The van der Waals surface area contributed by atoms with Gasteiger partial charge in [-0.05, 0) is 44.1 Å². The van der Waals surface area contributed by atoms with Crippen LogP contribution in [0, 0.1) is 10.8 Å². The summed E-state index contributed by atoms with van der Waals surface area (Å²) in [6.45, 7) is 4.91. The number of unbranched alkanes of at least 4 members (excludes halogenated alkanes) is 3. The molecular weight excluding hydrogens is 372 g/mol. The number of amidine groups is 1. The third kappa shape index (κ3) is 7.07. The van der Waals surface area contributed by atoms with Gasteiger partial charge in [-0.15, -0.1) is 0 Å². The summed E-state index contributed by atoms with van der Waals surface area (Å²) in [7, 11) is 0. The first-order chi connectivity index (χ1) is 14.5. The number of rotatable bonds is 15. The summed E-state index contributed by atoms with van der Waals surface area (Å²) in [5.41, 5.74) is 0.946. The van der Waals surface area contributed by atoms with Crippen molar-refractivity contribution < 1.29 is 9.59 Å². The lowest BCUT2D eigenvalue weighted by molar-refractivity contribution is -0.135. The van der Waals surface area contributed by atoms with E-state index >= 15 is 0 Å². The lowest BCUT2D eigenvalue weighted by Gasteiger charge is -2.27. The highest BCUT2D eigenvalue weighted by Crippen LogP contribution is 2.42. The zero-order chi connectivity index (χ0) is 21.8. The molecule has 1 saturated heterocycles. The predicted molar refractivity (Wildman–Crippen MR) is 124 cm³/mol. The van der Waals surface area contributed by atoms with Crippen molar-refractivity contribution in [3.05, 3.63) is 35.9 Å². The Hall–Kier alpha value is -1.97. The summed E-state index contributed by atoms with van der Waals surface area (Å²) in [5, 5.41) is 8.39. The second kappa shape index (κ2) is 12.7. The van der Waals surface area contributed by atoms with E-state index in [2.05, 4.69) is 26.0 Å². The van der Waals surface area contributed by atoms with Crippen LogP contribution in [0.3, 0.4) is 0 Å². The fourth-order valence-electron chi connectivity index (χ4n) is 4.53. The van der Waals surface area contributed by atoms with Crippen LogP contribution < -0.4 is 0 Å². The molecule has 166 valence electrons. The number of nitrogens with one attached hydrogen (secondary N) is 1. The van der Waals surface area contributed by atoms with Crippen LogP contribution in [0.4, 0.5) is 0 Å². The third-order valence-electron chi connectivity index (χ3n) is 6.40. The molecule has 0 unspecified atom stereocenters. The van der Waals surface area contributed by atoms with Crippen LogP contribution in [0.15, 0.2) is 30.3 Å². The molecule has 2 rings (SSSR count). The molecule has 0 bridgehead atoms. The summed E-state index contributed by atoms with van der Waals surface area (Å²) in [6.07, 6.45) is 11.3. The van der Waals surface area contributed by atoms with Gasteiger partial charge in [0.1, 0.15) is 11.6 Å². The van der Waals surface area contributed by atoms with Crippen LogP contribution >= 0.6 is 0 Å². The van der Waals surface area contributed by atoms with E-state index in [1.54, 1.807) is 4.90 Å². The maximum Gasteiger partial charge on any atom is 0.234 e. The van der Waals surface area contributed by atoms with Crippen LogP contribution in [0.5, 0.6) is 0 Å². The Morgan fingerprint density at radius 2 is 1.60 bits per heavy atom. The van der Waals surface area contributed by atoms with Gasteiger partial charge in [0.15, 0.2) is 0 Å². The number of nitrogens with zero attached hydrogens (tertiary/aromatic N) is 1. The van der Waals surface area contributed by atoms with Gasteiger partial charge in [0.2, 0.25) is 5.91 Å². The summed E-state index contributed by atoms with van der Waals surface area (Å²) >= 11 is 0. The molecule has 4 nitrogen and oxygen atoms in total. The second-order valence-corrected chi connectivity index (χ2v) is 8.90. The van der Waals surface area contributed by atoms with Gasteiger partial charge in [-0.25, -0.2) is 0 Å². The van der Waals surface area contributed by atoms with Crippen LogP contribution in [0.1, 0.15) is 96.5 Å². The summed E-state index contributed by atoms with van der Waals surface area (Å²) in [6, 6.07) is 10.3. The predicted octanol–water partition coefficient (Wildman–Crippen LogP) is 6.33. The number of ketones is 1. The van der Waals surface area contributed by atoms with Crippen LogP contribution in [-0.2, 0) is 16.0 Å². The van der Waals surface area contributed by atoms with Gasteiger partial charge < -0.3 is 4.90 Å². The first-order valence-corrected chi connectivity index (χ1v) is 12.0. The minimum Gasteiger partial charge on any atom is -0.300 e. The maximum atomic E-state index is 13.2. The average Bonchev–Trinajstić information content (AvgIpc) is 2.98. The molecule has 0 spiro atoms. The van der Waals surface area contributed by atoms with Crippen molar-refractivity contribution in [3.63, 3.8) is 0 Å². The summed E-state index contributed by atoms with van der Waals surface area (Å²) in [4.78, 5) is 27.1. The highest BCUT2D eigenvalue weighted by molar-refractivity contribution is 6.07. The lowest BCUT2D eigenvalue weighted by Crippen LogP contribution is -2.36. The molecule has 0 atom stereocenters. The molecule has 30 heavy (non-hydrogen) atoms. The fraction of sp³-hybridized carbons (Fsp3) is 0.654. The van der Waals surface area contributed by atoms with Gasteiger partial charge in [0.05, 0.1) is 5.41 Å². The van der Waals surface area contributed by atoms with Crippen molar-refractivity contribution in [3.8, 4) is 0 Å². The molecular formula is C26H40N2O2. The molecule has 0 radical (unpaired) electrons. The molecule has 1 N–H and O–H groups in total.